The number of hydrogen-bond acceptors (Lipinski definition) is 2. The van der Waals surface area contributed by atoms with Gasteiger partial charge >= 0.3 is 0 Å². The third-order valence-electron chi connectivity index (χ3n) is 2.30. The van der Waals surface area contributed by atoms with Crippen molar-refractivity contribution in [1.29, 1.82) is 0 Å². The monoisotopic (exact) mass is 183 g/mol. The summed E-state index contributed by atoms with van der Waals surface area (Å²) in [7, 11) is 3.73. The van der Waals surface area contributed by atoms with E-state index >= 15 is 0 Å². The highest BCUT2D eigenvalue weighted by Gasteiger charge is 2.17. The van der Waals surface area contributed by atoms with Crippen LogP contribution in [0.15, 0.2) is 0 Å². The molecular formula is C11H21NO. The van der Waals surface area contributed by atoms with E-state index in [0.717, 1.165) is 25.7 Å². The Hall–Kier alpha value is -0.520. The number of terminal acetylenes is 1. The Bertz CT molecular complexity index is 151. The van der Waals surface area contributed by atoms with Gasteiger partial charge in [-0.2, -0.15) is 0 Å². The third-order valence-corrected chi connectivity index (χ3v) is 2.30. The Morgan fingerprint density at radius 2 is 2.15 bits per heavy atom. The number of rotatable bonds is 7. The summed E-state index contributed by atoms with van der Waals surface area (Å²) in [6.45, 7) is 2.17. The van der Waals surface area contributed by atoms with Crippen molar-refractivity contribution in [3.8, 4) is 12.3 Å². The predicted octanol–water partition coefficient (Wildman–Crippen LogP) is 1.80. The molecule has 0 aliphatic carbocycles. The Kier molecular flexibility index (Phi) is 7.77. The normalized spacial score (nSPS) is 14.9. The van der Waals surface area contributed by atoms with E-state index in [0.29, 0.717) is 12.1 Å². The predicted molar refractivity (Wildman–Crippen MR) is 56.6 cm³/mol. The van der Waals surface area contributed by atoms with Gasteiger partial charge in [0.25, 0.3) is 0 Å². The second-order valence-corrected chi connectivity index (χ2v) is 3.20. The van der Waals surface area contributed by atoms with Crippen LogP contribution in [-0.4, -0.2) is 26.3 Å². The molecule has 2 unspecified atom stereocenters. The minimum atomic E-state index is 0.295. The van der Waals surface area contributed by atoms with Gasteiger partial charge in [0.2, 0.25) is 0 Å². The number of hydrogen-bond donors (Lipinski definition) is 1. The zero-order valence-corrected chi connectivity index (χ0v) is 8.97. The van der Waals surface area contributed by atoms with Gasteiger partial charge in [-0.3, -0.25) is 0 Å². The van der Waals surface area contributed by atoms with Gasteiger partial charge in [-0.1, -0.05) is 13.3 Å². The second kappa shape index (κ2) is 8.10. The van der Waals surface area contributed by atoms with Crippen LogP contribution in [0.5, 0.6) is 0 Å². The molecule has 0 spiro atoms. The molecule has 0 fully saturated rings. The van der Waals surface area contributed by atoms with Crippen molar-refractivity contribution < 1.29 is 4.74 Å². The van der Waals surface area contributed by atoms with E-state index in [1.807, 2.05) is 7.05 Å². The number of nitrogens with one attached hydrogen (secondary N) is 1. The summed E-state index contributed by atoms with van der Waals surface area (Å²) in [6, 6.07) is 0.390. The van der Waals surface area contributed by atoms with Gasteiger partial charge in [0.15, 0.2) is 0 Å². The topological polar surface area (TPSA) is 21.3 Å². The zero-order valence-electron chi connectivity index (χ0n) is 8.97. The van der Waals surface area contributed by atoms with Crippen molar-refractivity contribution in [2.75, 3.05) is 14.2 Å². The van der Waals surface area contributed by atoms with Crippen LogP contribution in [0.25, 0.3) is 0 Å². The molecule has 0 aromatic carbocycles. The summed E-state index contributed by atoms with van der Waals surface area (Å²) in [4.78, 5) is 0. The molecule has 2 atom stereocenters. The standard InChI is InChI=1S/C11H21NO/c1-5-7-9-10(12-3)11(13-4)8-6-2/h1,10-12H,6-9H2,2-4H3. The quantitative estimate of drug-likeness (QED) is 0.608. The smallest absolute Gasteiger partial charge is 0.0724 e. The van der Waals surface area contributed by atoms with Gasteiger partial charge in [-0.05, 0) is 19.9 Å². The molecule has 76 valence electrons. The molecule has 1 N–H and O–H groups in total. The van der Waals surface area contributed by atoms with Gasteiger partial charge in [-0.15, -0.1) is 12.3 Å². The van der Waals surface area contributed by atoms with Crippen molar-refractivity contribution >= 4 is 0 Å². The minimum absolute atomic E-state index is 0.295. The van der Waals surface area contributed by atoms with Crippen molar-refractivity contribution in [2.24, 2.45) is 0 Å². The van der Waals surface area contributed by atoms with Crippen molar-refractivity contribution in [1.82, 2.24) is 5.32 Å². The molecule has 0 aliphatic rings. The van der Waals surface area contributed by atoms with Crippen molar-refractivity contribution in [2.45, 2.75) is 44.8 Å². The van der Waals surface area contributed by atoms with Crippen LogP contribution in [0.2, 0.25) is 0 Å². The maximum atomic E-state index is 5.41. The average molecular weight is 183 g/mol. The lowest BCUT2D eigenvalue weighted by molar-refractivity contribution is 0.0610. The van der Waals surface area contributed by atoms with E-state index in [9.17, 15) is 0 Å². The molecule has 0 aromatic heterocycles. The van der Waals surface area contributed by atoms with Crippen LogP contribution >= 0.6 is 0 Å². The highest BCUT2D eigenvalue weighted by atomic mass is 16.5. The van der Waals surface area contributed by atoms with Crippen LogP contribution in [0, 0.1) is 12.3 Å². The lowest BCUT2D eigenvalue weighted by Crippen LogP contribution is -2.38. The molecule has 0 aliphatic heterocycles. The first-order valence-corrected chi connectivity index (χ1v) is 4.93. The fourth-order valence-electron chi connectivity index (χ4n) is 1.52. The number of methoxy groups -OCH3 is 1. The van der Waals surface area contributed by atoms with E-state index in [-0.39, 0.29) is 0 Å². The van der Waals surface area contributed by atoms with Crippen LogP contribution in [0.1, 0.15) is 32.6 Å². The summed E-state index contributed by atoms with van der Waals surface area (Å²) in [5.41, 5.74) is 0. The Balaban J connectivity index is 3.93. The molecule has 0 heterocycles. The summed E-state index contributed by atoms with van der Waals surface area (Å²) < 4.78 is 5.41. The minimum Gasteiger partial charge on any atom is -0.380 e. The lowest BCUT2D eigenvalue weighted by atomic mass is 10.0. The first kappa shape index (κ1) is 12.5. The highest BCUT2D eigenvalue weighted by molar-refractivity contribution is 4.87. The molecule has 0 bridgehead atoms. The van der Waals surface area contributed by atoms with Crippen LogP contribution in [0.4, 0.5) is 0 Å². The first-order valence-electron chi connectivity index (χ1n) is 4.93. The number of likely N-dealkylation sites (N-methyl/N-ethyl adjacent to an activating group) is 1. The van der Waals surface area contributed by atoms with Crippen LogP contribution in [0.3, 0.4) is 0 Å². The first-order chi connectivity index (χ1) is 6.29. The van der Waals surface area contributed by atoms with E-state index in [4.69, 9.17) is 11.2 Å². The van der Waals surface area contributed by atoms with Crippen LogP contribution in [-0.2, 0) is 4.74 Å². The Morgan fingerprint density at radius 3 is 2.54 bits per heavy atom. The van der Waals surface area contributed by atoms with Crippen LogP contribution < -0.4 is 5.32 Å². The van der Waals surface area contributed by atoms with Gasteiger partial charge in [0, 0.05) is 19.6 Å². The summed E-state index contributed by atoms with van der Waals surface area (Å²) in [5.74, 6) is 2.66. The Morgan fingerprint density at radius 1 is 1.46 bits per heavy atom. The van der Waals surface area contributed by atoms with Gasteiger partial charge in [0.1, 0.15) is 0 Å². The maximum Gasteiger partial charge on any atom is 0.0724 e. The molecule has 0 rings (SSSR count). The maximum absolute atomic E-state index is 5.41. The molecular weight excluding hydrogens is 162 g/mol. The molecule has 0 radical (unpaired) electrons. The molecule has 0 saturated carbocycles. The van der Waals surface area contributed by atoms with Crippen molar-refractivity contribution in [3.05, 3.63) is 0 Å². The summed E-state index contributed by atoms with van der Waals surface area (Å²) >= 11 is 0. The Labute approximate surface area is 82.1 Å². The molecule has 0 saturated heterocycles. The largest absolute Gasteiger partial charge is 0.380 e. The van der Waals surface area contributed by atoms with E-state index in [1.165, 1.54) is 0 Å². The highest BCUT2D eigenvalue weighted by Crippen LogP contribution is 2.10. The summed E-state index contributed by atoms with van der Waals surface area (Å²) in [5, 5.41) is 3.25. The fourth-order valence-corrected chi connectivity index (χ4v) is 1.52. The van der Waals surface area contributed by atoms with E-state index < -0.39 is 0 Å². The third kappa shape index (κ3) is 4.92. The second-order valence-electron chi connectivity index (χ2n) is 3.20. The van der Waals surface area contributed by atoms with Gasteiger partial charge < -0.3 is 10.1 Å². The van der Waals surface area contributed by atoms with Gasteiger partial charge in [-0.25, -0.2) is 0 Å². The molecule has 2 nitrogen and oxygen atoms in total. The average Bonchev–Trinajstić information content (AvgIpc) is 2.17. The van der Waals surface area contributed by atoms with E-state index in [1.54, 1.807) is 7.11 Å². The number of ether oxygens (including phenoxy) is 1. The molecule has 0 aromatic rings. The molecule has 13 heavy (non-hydrogen) atoms. The molecule has 2 heteroatoms. The van der Waals surface area contributed by atoms with E-state index in [2.05, 4.69) is 18.2 Å². The fraction of sp³-hybridized carbons (Fsp3) is 0.818. The van der Waals surface area contributed by atoms with Crippen molar-refractivity contribution in [3.63, 3.8) is 0 Å². The SMILES string of the molecule is C#CCCC(NC)C(CCC)OC. The molecule has 0 amide bonds. The van der Waals surface area contributed by atoms with Gasteiger partial charge in [0.05, 0.1) is 6.10 Å². The lowest BCUT2D eigenvalue weighted by Gasteiger charge is -2.24. The zero-order chi connectivity index (χ0) is 10.1. The summed E-state index contributed by atoms with van der Waals surface area (Å²) in [6.07, 6.45) is 9.56.